The Kier molecular flexibility index (Phi) is 4.81. The van der Waals surface area contributed by atoms with Crippen molar-refractivity contribution in [1.29, 1.82) is 0 Å². The maximum absolute atomic E-state index is 12.8. The number of primary amides is 1. The molecule has 0 unspecified atom stereocenters. The van der Waals surface area contributed by atoms with Gasteiger partial charge in [-0.3, -0.25) is 19.0 Å². The fourth-order valence-corrected chi connectivity index (χ4v) is 2.97. The van der Waals surface area contributed by atoms with E-state index in [-0.39, 0.29) is 11.5 Å². The summed E-state index contributed by atoms with van der Waals surface area (Å²) < 4.78 is 2.95. The zero-order chi connectivity index (χ0) is 19.7. The van der Waals surface area contributed by atoms with Gasteiger partial charge in [0.15, 0.2) is 0 Å². The summed E-state index contributed by atoms with van der Waals surface area (Å²) in [5.41, 5.74) is 7.98. The maximum atomic E-state index is 12.8. The van der Waals surface area contributed by atoms with Gasteiger partial charge in [-0.1, -0.05) is 13.0 Å². The summed E-state index contributed by atoms with van der Waals surface area (Å²) in [5.74, 6) is -0.957. The third-order valence-electron chi connectivity index (χ3n) is 4.50. The zero-order valence-corrected chi connectivity index (χ0v) is 15.4. The molecule has 2 heterocycles. The predicted molar refractivity (Wildman–Crippen MR) is 102 cm³/mol. The van der Waals surface area contributed by atoms with Crippen LogP contribution in [0.5, 0.6) is 0 Å². The first-order valence-corrected chi connectivity index (χ1v) is 8.62. The van der Waals surface area contributed by atoms with Crippen molar-refractivity contribution in [3.05, 3.63) is 63.3 Å². The zero-order valence-electron chi connectivity index (χ0n) is 15.4. The number of nitrogens with zero attached hydrogens (tertiary/aromatic N) is 3. The first-order chi connectivity index (χ1) is 12.8. The molecule has 0 aliphatic rings. The van der Waals surface area contributed by atoms with Crippen LogP contribution >= 0.6 is 0 Å². The Labute approximate surface area is 155 Å². The molecule has 1 aromatic carbocycles. The van der Waals surface area contributed by atoms with Crippen LogP contribution < -0.4 is 16.6 Å². The second-order valence-corrected chi connectivity index (χ2v) is 6.44. The summed E-state index contributed by atoms with van der Waals surface area (Å²) in [5, 5.41) is 7.01. The highest BCUT2D eigenvalue weighted by Gasteiger charge is 2.19. The van der Waals surface area contributed by atoms with Gasteiger partial charge >= 0.3 is 0 Å². The van der Waals surface area contributed by atoms with Gasteiger partial charge in [0, 0.05) is 24.0 Å². The van der Waals surface area contributed by atoms with Crippen molar-refractivity contribution in [2.24, 2.45) is 5.73 Å². The quantitative estimate of drug-likeness (QED) is 0.717. The lowest BCUT2D eigenvalue weighted by Crippen LogP contribution is -2.23. The Morgan fingerprint density at radius 2 is 2.00 bits per heavy atom. The number of rotatable bonds is 5. The molecule has 8 heteroatoms. The molecule has 0 radical (unpaired) electrons. The molecule has 140 valence electrons. The lowest BCUT2D eigenvalue weighted by Gasteiger charge is -2.09. The molecule has 0 atom stereocenters. The van der Waals surface area contributed by atoms with Crippen molar-refractivity contribution in [2.45, 2.75) is 33.7 Å². The number of nitrogens with two attached hydrogens (primary N) is 1. The summed E-state index contributed by atoms with van der Waals surface area (Å²) in [7, 11) is 0. The van der Waals surface area contributed by atoms with E-state index in [1.165, 1.54) is 27.7 Å². The minimum Gasteiger partial charge on any atom is -0.366 e. The Hall–Kier alpha value is -3.42. The molecule has 3 aromatic rings. The van der Waals surface area contributed by atoms with Crippen LogP contribution in [0, 0.1) is 13.8 Å². The number of carbonyl (C=O) groups is 2. The Balaban J connectivity index is 2.01. The van der Waals surface area contributed by atoms with Gasteiger partial charge < -0.3 is 11.1 Å². The number of anilines is 1. The Morgan fingerprint density at radius 1 is 1.26 bits per heavy atom. The topological polar surface area (TPSA) is 111 Å². The summed E-state index contributed by atoms with van der Waals surface area (Å²) in [6.07, 6.45) is 3.81. The molecule has 27 heavy (non-hydrogen) atoms. The standard InChI is InChI=1S/C19H21N5O3/c1-4-7-23-10-21-24-9-14(12(3)16(24)19(23)27)18(26)22-15-8-13(17(20)25)6-5-11(15)2/h5-6,8-10H,4,7H2,1-3H3,(H2,20,25)(H,22,26). The van der Waals surface area contributed by atoms with E-state index >= 15 is 0 Å². The molecule has 8 nitrogen and oxygen atoms in total. The van der Waals surface area contributed by atoms with E-state index in [2.05, 4.69) is 10.4 Å². The van der Waals surface area contributed by atoms with Crippen molar-refractivity contribution < 1.29 is 9.59 Å². The van der Waals surface area contributed by atoms with Crippen LogP contribution in [-0.4, -0.2) is 26.0 Å². The first-order valence-electron chi connectivity index (χ1n) is 8.62. The van der Waals surface area contributed by atoms with E-state index in [1.54, 1.807) is 19.1 Å². The third kappa shape index (κ3) is 3.33. The average Bonchev–Trinajstić information content (AvgIpc) is 2.96. The SMILES string of the molecule is CCCn1cnn2cc(C(=O)Nc3cc(C(N)=O)ccc3C)c(C)c2c1=O. The number of nitrogens with one attached hydrogen (secondary N) is 1. The number of aromatic nitrogens is 3. The van der Waals surface area contributed by atoms with Gasteiger partial charge in [0.2, 0.25) is 5.91 Å². The lowest BCUT2D eigenvalue weighted by atomic mass is 10.1. The molecular weight excluding hydrogens is 346 g/mol. The molecule has 0 aliphatic heterocycles. The van der Waals surface area contributed by atoms with E-state index < -0.39 is 5.91 Å². The number of fused-ring (bicyclic) bond motifs is 1. The van der Waals surface area contributed by atoms with E-state index in [0.717, 1.165) is 12.0 Å². The largest absolute Gasteiger partial charge is 0.366 e. The van der Waals surface area contributed by atoms with Crippen molar-refractivity contribution in [2.75, 3.05) is 5.32 Å². The van der Waals surface area contributed by atoms with Crippen LogP contribution in [-0.2, 0) is 6.54 Å². The second-order valence-electron chi connectivity index (χ2n) is 6.44. The fraction of sp³-hybridized carbons (Fsp3) is 0.263. The van der Waals surface area contributed by atoms with Crippen LogP contribution in [0.3, 0.4) is 0 Å². The predicted octanol–water partition coefficient (Wildman–Crippen LogP) is 1.87. The Morgan fingerprint density at radius 3 is 2.67 bits per heavy atom. The van der Waals surface area contributed by atoms with E-state index in [0.29, 0.717) is 34.4 Å². The normalized spacial score (nSPS) is 10.9. The van der Waals surface area contributed by atoms with E-state index in [4.69, 9.17) is 5.73 Å². The molecule has 3 rings (SSSR count). The van der Waals surface area contributed by atoms with Gasteiger partial charge in [0.1, 0.15) is 11.8 Å². The molecule has 2 amide bonds. The van der Waals surface area contributed by atoms with Crippen LogP contribution in [0.1, 0.15) is 45.2 Å². The highest BCUT2D eigenvalue weighted by molar-refractivity contribution is 6.07. The molecule has 3 N–H and O–H groups in total. The average molecular weight is 367 g/mol. The number of aryl methyl sites for hydroxylation is 3. The number of benzene rings is 1. The van der Waals surface area contributed by atoms with E-state index in [1.807, 2.05) is 13.8 Å². The highest BCUT2D eigenvalue weighted by atomic mass is 16.2. The molecule has 0 saturated carbocycles. The monoisotopic (exact) mass is 367 g/mol. The summed E-state index contributed by atoms with van der Waals surface area (Å²) in [6.45, 7) is 6.07. The lowest BCUT2D eigenvalue weighted by molar-refractivity contribution is 0.0996. The molecule has 0 spiro atoms. The number of hydrogen-bond acceptors (Lipinski definition) is 4. The number of carbonyl (C=O) groups excluding carboxylic acids is 2. The van der Waals surface area contributed by atoms with Gasteiger partial charge in [-0.2, -0.15) is 5.10 Å². The van der Waals surface area contributed by atoms with Crippen molar-refractivity contribution in [1.82, 2.24) is 14.2 Å². The van der Waals surface area contributed by atoms with Gasteiger partial charge in [-0.25, -0.2) is 4.52 Å². The van der Waals surface area contributed by atoms with E-state index in [9.17, 15) is 14.4 Å². The van der Waals surface area contributed by atoms with Crippen LogP contribution in [0.4, 0.5) is 5.69 Å². The summed E-state index contributed by atoms with van der Waals surface area (Å²) >= 11 is 0. The number of amides is 2. The van der Waals surface area contributed by atoms with Gasteiger partial charge in [0.05, 0.1) is 5.56 Å². The van der Waals surface area contributed by atoms with Gasteiger partial charge in [-0.05, 0) is 43.5 Å². The second kappa shape index (κ2) is 7.06. The Bertz CT molecular complexity index is 1110. The first kappa shape index (κ1) is 18.4. The fourth-order valence-electron chi connectivity index (χ4n) is 2.97. The van der Waals surface area contributed by atoms with Crippen molar-refractivity contribution >= 4 is 23.0 Å². The molecule has 2 aromatic heterocycles. The van der Waals surface area contributed by atoms with Gasteiger partial charge in [0.25, 0.3) is 11.5 Å². The molecule has 0 aliphatic carbocycles. The van der Waals surface area contributed by atoms with Crippen LogP contribution in [0.25, 0.3) is 5.52 Å². The maximum Gasteiger partial charge on any atom is 0.277 e. The summed E-state index contributed by atoms with van der Waals surface area (Å²) in [6, 6.07) is 4.85. The molecule has 0 fully saturated rings. The number of hydrogen-bond donors (Lipinski definition) is 2. The smallest absolute Gasteiger partial charge is 0.277 e. The molecular formula is C19H21N5O3. The third-order valence-corrected chi connectivity index (χ3v) is 4.50. The van der Waals surface area contributed by atoms with Crippen LogP contribution in [0.15, 0.2) is 35.5 Å². The molecule has 0 bridgehead atoms. The van der Waals surface area contributed by atoms with Crippen molar-refractivity contribution in [3.63, 3.8) is 0 Å². The van der Waals surface area contributed by atoms with Crippen LogP contribution in [0.2, 0.25) is 0 Å². The van der Waals surface area contributed by atoms with Gasteiger partial charge in [-0.15, -0.1) is 0 Å². The van der Waals surface area contributed by atoms with Crippen molar-refractivity contribution in [3.8, 4) is 0 Å². The minimum absolute atomic E-state index is 0.185. The highest BCUT2D eigenvalue weighted by Crippen LogP contribution is 2.20. The minimum atomic E-state index is -0.572. The summed E-state index contributed by atoms with van der Waals surface area (Å²) in [4.78, 5) is 36.8. The molecule has 0 saturated heterocycles.